The SMILES string of the molecule is O=C(Oc1c[c]ncc1[N+](=O)[O-])c1ccccc1. The van der Waals surface area contributed by atoms with Crippen LogP contribution in [-0.2, 0) is 0 Å². The third-order valence-electron chi connectivity index (χ3n) is 2.12. The Hall–Kier alpha value is -2.76. The molecule has 0 N–H and O–H groups in total. The van der Waals surface area contributed by atoms with Gasteiger partial charge in [0.15, 0.2) is 0 Å². The number of nitro groups is 1. The van der Waals surface area contributed by atoms with E-state index in [1.165, 1.54) is 0 Å². The summed E-state index contributed by atoms with van der Waals surface area (Å²) in [5, 5.41) is 10.7. The largest absolute Gasteiger partial charge is 0.415 e. The van der Waals surface area contributed by atoms with Gasteiger partial charge in [0.1, 0.15) is 6.20 Å². The molecule has 2 aromatic rings. The smallest absolute Gasteiger partial charge is 0.343 e. The molecule has 1 radical (unpaired) electrons. The molecule has 0 saturated carbocycles. The zero-order chi connectivity index (χ0) is 13.0. The van der Waals surface area contributed by atoms with Gasteiger partial charge < -0.3 is 4.74 Å². The maximum absolute atomic E-state index is 11.7. The van der Waals surface area contributed by atoms with E-state index in [1.54, 1.807) is 30.3 Å². The Bertz CT molecular complexity index is 584. The highest BCUT2D eigenvalue weighted by Crippen LogP contribution is 2.25. The van der Waals surface area contributed by atoms with Gasteiger partial charge >= 0.3 is 11.7 Å². The van der Waals surface area contributed by atoms with Gasteiger partial charge in [0.2, 0.25) is 5.75 Å². The van der Waals surface area contributed by atoms with Crippen LogP contribution in [0, 0.1) is 16.3 Å². The Morgan fingerprint density at radius 2 is 2.06 bits per heavy atom. The van der Waals surface area contributed by atoms with Gasteiger partial charge in [0.05, 0.1) is 16.7 Å². The number of carbonyl (C=O) groups excluding carboxylic acids is 1. The third kappa shape index (κ3) is 2.49. The zero-order valence-corrected chi connectivity index (χ0v) is 9.07. The van der Waals surface area contributed by atoms with Crippen molar-refractivity contribution < 1.29 is 14.5 Å². The van der Waals surface area contributed by atoms with Gasteiger partial charge in [-0.1, -0.05) is 18.2 Å². The van der Waals surface area contributed by atoms with E-state index in [4.69, 9.17) is 4.74 Å². The number of hydrogen-bond acceptors (Lipinski definition) is 5. The molecule has 1 aromatic heterocycles. The highest BCUT2D eigenvalue weighted by Gasteiger charge is 2.18. The average Bonchev–Trinajstić information content (AvgIpc) is 2.40. The minimum absolute atomic E-state index is 0.177. The summed E-state index contributed by atoms with van der Waals surface area (Å²) >= 11 is 0. The molecule has 89 valence electrons. The quantitative estimate of drug-likeness (QED) is 0.467. The molecule has 18 heavy (non-hydrogen) atoms. The van der Waals surface area contributed by atoms with Gasteiger partial charge in [-0.25, -0.2) is 9.78 Å². The molecule has 0 fully saturated rings. The van der Waals surface area contributed by atoms with Crippen LogP contribution in [0.3, 0.4) is 0 Å². The number of pyridine rings is 1. The van der Waals surface area contributed by atoms with Crippen molar-refractivity contribution in [3.05, 3.63) is 64.5 Å². The molecule has 0 aliphatic rings. The minimum Gasteiger partial charge on any atom is -0.415 e. The summed E-state index contributed by atoms with van der Waals surface area (Å²) in [5.74, 6) is -0.845. The van der Waals surface area contributed by atoms with Crippen molar-refractivity contribution in [1.82, 2.24) is 4.98 Å². The van der Waals surface area contributed by atoms with E-state index >= 15 is 0 Å². The first-order valence-electron chi connectivity index (χ1n) is 4.96. The Morgan fingerprint density at radius 1 is 1.33 bits per heavy atom. The molecule has 0 bridgehead atoms. The number of rotatable bonds is 3. The van der Waals surface area contributed by atoms with Crippen LogP contribution in [0.1, 0.15) is 10.4 Å². The summed E-state index contributed by atoms with van der Waals surface area (Å²) in [6.07, 6.45) is 3.36. The lowest BCUT2D eigenvalue weighted by molar-refractivity contribution is -0.385. The Kier molecular flexibility index (Phi) is 3.29. The Labute approximate surface area is 102 Å². The van der Waals surface area contributed by atoms with Gasteiger partial charge in [0.25, 0.3) is 0 Å². The van der Waals surface area contributed by atoms with Gasteiger partial charge in [-0.15, -0.1) is 0 Å². The zero-order valence-electron chi connectivity index (χ0n) is 9.07. The van der Waals surface area contributed by atoms with Crippen LogP contribution in [0.4, 0.5) is 5.69 Å². The van der Waals surface area contributed by atoms with Crippen molar-refractivity contribution in [2.75, 3.05) is 0 Å². The maximum atomic E-state index is 11.7. The first-order chi connectivity index (χ1) is 8.68. The number of hydrogen-bond donors (Lipinski definition) is 0. The second kappa shape index (κ2) is 5.05. The molecular formula is C12H7N2O4. The topological polar surface area (TPSA) is 82.3 Å². The monoisotopic (exact) mass is 243 g/mol. The van der Waals surface area contributed by atoms with Crippen molar-refractivity contribution in [2.45, 2.75) is 0 Å². The minimum atomic E-state index is -0.672. The fourth-order valence-corrected chi connectivity index (χ4v) is 1.28. The average molecular weight is 243 g/mol. The van der Waals surface area contributed by atoms with Gasteiger partial charge in [-0.2, -0.15) is 0 Å². The van der Waals surface area contributed by atoms with E-state index in [9.17, 15) is 14.9 Å². The lowest BCUT2D eigenvalue weighted by Gasteiger charge is -2.03. The van der Waals surface area contributed by atoms with Crippen LogP contribution in [0.2, 0.25) is 0 Å². The summed E-state index contributed by atoms with van der Waals surface area (Å²) in [7, 11) is 0. The normalized spacial score (nSPS) is 9.78. The highest BCUT2D eigenvalue weighted by atomic mass is 16.6. The summed E-state index contributed by atoms with van der Waals surface area (Å²) in [5.41, 5.74) is -0.0679. The number of aromatic nitrogens is 1. The molecule has 0 unspecified atom stereocenters. The van der Waals surface area contributed by atoms with Crippen molar-refractivity contribution in [3.63, 3.8) is 0 Å². The van der Waals surface area contributed by atoms with Crippen molar-refractivity contribution in [3.8, 4) is 5.75 Å². The van der Waals surface area contributed by atoms with Crippen molar-refractivity contribution in [2.24, 2.45) is 0 Å². The lowest BCUT2D eigenvalue weighted by atomic mass is 10.2. The van der Waals surface area contributed by atoms with Crippen LogP contribution < -0.4 is 4.74 Å². The van der Waals surface area contributed by atoms with E-state index in [-0.39, 0.29) is 11.4 Å². The number of nitrogens with zero attached hydrogens (tertiary/aromatic N) is 2. The first-order valence-corrected chi connectivity index (χ1v) is 4.96. The predicted octanol–water partition coefficient (Wildman–Crippen LogP) is 2.01. The second-order valence-corrected chi connectivity index (χ2v) is 3.29. The highest BCUT2D eigenvalue weighted by molar-refractivity contribution is 5.91. The molecule has 2 rings (SSSR count). The molecule has 6 heteroatoms. The van der Waals surface area contributed by atoms with Crippen LogP contribution >= 0.6 is 0 Å². The molecule has 0 aliphatic carbocycles. The van der Waals surface area contributed by atoms with Gasteiger partial charge in [-0.05, 0) is 12.1 Å². The van der Waals surface area contributed by atoms with E-state index in [0.29, 0.717) is 5.56 Å². The molecule has 0 aliphatic heterocycles. The molecule has 1 heterocycles. The molecule has 0 spiro atoms. The molecule has 0 atom stereocenters. The molecule has 1 aromatic carbocycles. The van der Waals surface area contributed by atoms with E-state index in [0.717, 1.165) is 12.3 Å². The number of ether oxygens (including phenoxy) is 1. The second-order valence-electron chi connectivity index (χ2n) is 3.29. The van der Waals surface area contributed by atoms with E-state index in [1.807, 2.05) is 0 Å². The maximum Gasteiger partial charge on any atom is 0.343 e. The fourth-order valence-electron chi connectivity index (χ4n) is 1.28. The number of esters is 1. The fraction of sp³-hybridized carbons (Fsp3) is 0. The predicted molar refractivity (Wildman–Crippen MR) is 61.1 cm³/mol. The van der Waals surface area contributed by atoms with Crippen LogP contribution in [0.25, 0.3) is 0 Å². The first kappa shape index (κ1) is 11.7. The summed E-state index contributed by atoms with van der Waals surface area (Å²) in [6.45, 7) is 0. The molecule has 0 amide bonds. The van der Waals surface area contributed by atoms with Gasteiger partial charge in [-0.3, -0.25) is 10.1 Å². The van der Waals surface area contributed by atoms with Crippen LogP contribution in [0.15, 0.2) is 42.6 Å². The number of carbonyl (C=O) groups is 1. The summed E-state index contributed by atoms with van der Waals surface area (Å²) < 4.78 is 4.94. The molecule has 6 nitrogen and oxygen atoms in total. The van der Waals surface area contributed by atoms with E-state index in [2.05, 4.69) is 11.2 Å². The lowest BCUT2D eigenvalue weighted by Crippen LogP contribution is -2.09. The Morgan fingerprint density at radius 3 is 2.72 bits per heavy atom. The van der Waals surface area contributed by atoms with E-state index < -0.39 is 10.9 Å². The molecule has 0 saturated heterocycles. The Balaban J connectivity index is 2.25. The number of benzene rings is 1. The van der Waals surface area contributed by atoms with Crippen LogP contribution in [0.5, 0.6) is 5.75 Å². The standard InChI is InChI=1S/C12H7N2O4/c15-12(9-4-2-1-3-5-9)18-11-6-7-13-8-10(11)14(16)17/h1-6,8H. The molecular weight excluding hydrogens is 236 g/mol. The third-order valence-corrected chi connectivity index (χ3v) is 2.12. The summed E-state index contributed by atoms with van der Waals surface area (Å²) in [4.78, 5) is 25.2. The van der Waals surface area contributed by atoms with Crippen molar-refractivity contribution >= 4 is 11.7 Å². The van der Waals surface area contributed by atoms with Crippen molar-refractivity contribution in [1.29, 1.82) is 0 Å². The van der Waals surface area contributed by atoms with Gasteiger partial charge in [0, 0.05) is 6.07 Å². The van der Waals surface area contributed by atoms with Crippen LogP contribution in [-0.4, -0.2) is 15.9 Å². The summed E-state index contributed by atoms with van der Waals surface area (Å²) in [6, 6.07) is 9.35.